The standard InChI is InChI=1S/C16H36N4/c1-17-15-18-11-9-7-5-3-4-6-8-10-12-20-14-13-19(2)16-20/h17-18H,3-16H2,1-2H3. The Labute approximate surface area is 126 Å². The van der Waals surface area contributed by atoms with E-state index in [4.69, 9.17) is 0 Å². The van der Waals surface area contributed by atoms with E-state index >= 15 is 0 Å². The van der Waals surface area contributed by atoms with Crippen molar-refractivity contribution in [3.8, 4) is 0 Å². The van der Waals surface area contributed by atoms with Gasteiger partial charge >= 0.3 is 0 Å². The van der Waals surface area contributed by atoms with Gasteiger partial charge in [-0.2, -0.15) is 0 Å². The molecule has 0 aromatic rings. The van der Waals surface area contributed by atoms with E-state index in [-0.39, 0.29) is 0 Å². The minimum absolute atomic E-state index is 0.937. The topological polar surface area (TPSA) is 30.5 Å². The predicted molar refractivity (Wildman–Crippen MR) is 87.9 cm³/mol. The first-order chi connectivity index (χ1) is 9.83. The summed E-state index contributed by atoms with van der Waals surface area (Å²) in [5, 5.41) is 6.47. The first-order valence-electron chi connectivity index (χ1n) is 8.59. The summed E-state index contributed by atoms with van der Waals surface area (Å²) < 4.78 is 0. The first-order valence-corrected chi connectivity index (χ1v) is 8.59. The maximum atomic E-state index is 3.36. The molecule has 0 radical (unpaired) electrons. The molecule has 0 aliphatic carbocycles. The van der Waals surface area contributed by atoms with Crippen molar-refractivity contribution in [1.82, 2.24) is 20.4 Å². The van der Waals surface area contributed by atoms with Crippen LogP contribution in [0, 0.1) is 0 Å². The van der Waals surface area contributed by atoms with Gasteiger partial charge < -0.3 is 10.6 Å². The summed E-state index contributed by atoms with van der Waals surface area (Å²) in [7, 11) is 4.20. The van der Waals surface area contributed by atoms with E-state index in [1.54, 1.807) is 0 Å². The van der Waals surface area contributed by atoms with Gasteiger partial charge in [-0.15, -0.1) is 0 Å². The van der Waals surface area contributed by atoms with E-state index in [1.807, 2.05) is 7.05 Å². The van der Waals surface area contributed by atoms with E-state index in [2.05, 4.69) is 27.5 Å². The van der Waals surface area contributed by atoms with Gasteiger partial charge in [0.2, 0.25) is 0 Å². The van der Waals surface area contributed by atoms with Crippen LogP contribution in [0.2, 0.25) is 0 Å². The van der Waals surface area contributed by atoms with Gasteiger partial charge in [0.1, 0.15) is 0 Å². The Kier molecular flexibility index (Phi) is 11.2. The highest BCUT2D eigenvalue weighted by Gasteiger charge is 2.14. The summed E-state index contributed by atoms with van der Waals surface area (Å²) in [4.78, 5) is 4.99. The van der Waals surface area contributed by atoms with Crippen LogP contribution in [0.25, 0.3) is 0 Å². The van der Waals surface area contributed by atoms with Crippen LogP contribution in [0.5, 0.6) is 0 Å². The Balaban J connectivity index is 1.70. The monoisotopic (exact) mass is 284 g/mol. The predicted octanol–water partition coefficient (Wildman–Crippen LogP) is 2.08. The molecule has 1 fully saturated rings. The van der Waals surface area contributed by atoms with Crippen molar-refractivity contribution in [3.63, 3.8) is 0 Å². The molecule has 1 aliphatic rings. The smallest absolute Gasteiger partial charge is 0.0504 e. The molecule has 1 aliphatic heterocycles. The van der Waals surface area contributed by atoms with Crippen LogP contribution in [0.15, 0.2) is 0 Å². The average Bonchev–Trinajstić information content (AvgIpc) is 2.86. The van der Waals surface area contributed by atoms with Gasteiger partial charge in [-0.05, 0) is 40.0 Å². The molecule has 20 heavy (non-hydrogen) atoms. The summed E-state index contributed by atoms with van der Waals surface area (Å²) in [5.41, 5.74) is 0. The summed E-state index contributed by atoms with van der Waals surface area (Å²) in [5.74, 6) is 0. The largest absolute Gasteiger partial charge is 0.308 e. The van der Waals surface area contributed by atoms with E-state index in [0.29, 0.717) is 0 Å². The molecule has 4 heteroatoms. The number of rotatable bonds is 13. The minimum Gasteiger partial charge on any atom is -0.308 e. The average molecular weight is 284 g/mol. The van der Waals surface area contributed by atoms with Crippen molar-refractivity contribution in [2.75, 3.05) is 53.6 Å². The van der Waals surface area contributed by atoms with Gasteiger partial charge in [0, 0.05) is 19.8 Å². The van der Waals surface area contributed by atoms with E-state index in [1.165, 1.54) is 77.7 Å². The fraction of sp³-hybridized carbons (Fsp3) is 1.00. The van der Waals surface area contributed by atoms with Crippen molar-refractivity contribution in [2.24, 2.45) is 0 Å². The van der Waals surface area contributed by atoms with Crippen LogP contribution < -0.4 is 10.6 Å². The first kappa shape index (κ1) is 17.9. The lowest BCUT2D eigenvalue weighted by Gasteiger charge is -2.14. The second-order valence-corrected chi connectivity index (χ2v) is 6.20. The number of hydrogen-bond acceptors (Lipinski definition) is 4. The second-order valence-electron chi connectivity index (χ2n) is 6.20. The Morgan fingerprint density at radius 1 is 0.850 bits per heavy atom. The summed E-state index contributed by atoms with van der Waals surface area (Å²) in [6, 6.07) is 0. The number of unbranched alkanes of at least 4 members (excludes halogenated alkanes) is 7. The zero-order valence-corrected chi connectivity index (χ0v) is 13.8. The van der Waals surface area contributed by atoms with Crippen molar-refractivity contribution in [3.05, 3.63) is 0 Å². The van der Waals surface area contributed by atoms with Crippen LogP contribution in [-0.2, 0) is 0 Å². The highest BCUT2D eigenvalue weighted by molar-refractivity contribution is 4.67. The van der Waals surface area contributed by atoms with Gasteiger partial charge in [0.25, 0.3) is 0 Å². The van der Waals surface area contributed by atoms with E-state index in [0.717, 1.165) is 13.2 Å². The van der Waals surface area contributed by atoms with Gasteiger partial charge in [0.05, 0.1) is 6.67 Å². The lowest BCUT2D eigenvalue weighted by atomic mass is 10.1. The molecular weight excluding hydrogens is 248 g/mol. The fourth-order valence-corrected chi connectivity index (χ4v) is 2.84. The van der Waals surface area contributed by atoms with Crippen LogP contribution in [0.4, 0.5) is 0 Å². The molecule has 0 aromatic heterocycles. The van der Waals surface area contributed by atoms with Crippen molar-refractivity contribution in [1.29, 1.82) is 0 Å². The minimum atomic E-state index is 0.937. The van der Waals surface area contributed by atoms with Crippen molar-refractivity contribution in [2.45, 2.75) is 51.4 Å². The molecule has 0 aromatic carbocycles. The molecule has 0 unspecified atom stereocenters. The molecule has 2 N–H and O–H groups in total. The summed E-state index contributed by atoms with van der Waals surface area (Å²) in [6.45, 7) is 7.11. The molecule has 4 nitrogen and oxygen atoms in total. The molecule has 0 spiro atoms. The Morgan fingerprint density at radius 2 is 1.50 bits per heavy atom. The van der Waals surface area contributed by atoms with Gasteiger partial charge in [-0.1, -0.05) is 38.5 Å². The van der Waals surface area contributed by atoms with Crippen LogP contribution in [-0.4, -0.2) is 63.4 Å². The Morgan fingerprint density at radius 3 is 2.10 bits per heavy atom. The van der Waals surface area contributed by atoms with Crippen LogP contribution in [0.1, 0.15) is 51.4 Å². The molecule has 1 rings (SSSR count). The SMILES string of the molecule is CNCNCCCCCCCCCCN1CCN(C)C1. The normalized spacial score (nSPS) is 17.1. The maximum Gasteiger partial charge on any atom is 0.0504 e. The summed E-state index contributed by atoms with van der Waals surface area (Å²) >= 11 is 0. The third-order valence-electron chi connectivity index (χ3n) is 4.12. The zero-order chi connectivity index (χ0) is 14.5. The Bertz CT molecular complexity index is 211. The number of hydrogen-bond donors (Lipinski definition) is 2. The summed E-state index contributed by atoms with van der Waals surface area (Å²) in [6.07, 6.45) is 11.2. The second kappa shape index (κ2) is 12.6. The molecule has 0 bridgehead atoms. The lowest BCUT2D eigenvalue weighted by Crippen LogP contribution is -2.26. The number of nitrogens with one attached hydrogen (secondary N) is 2. The highest BCUT2D eigenvalue weighted by atomic mass is 15.4. The van der Waals surface area contributed by atoms with Gasteiger partial charge in [0.15, 0.2) is 0 Å². The molecular formula is C16H36N4. The van der Waals surface area contributed by atoms with Crippen LogP contribution in [0.3, 0.4) is 0 Å². The molecule has 0 atom stereocenters. The lowest BCUT2D eigenvalue weighted by molar-refractivity contribution is 0.269. The molecule has 1 saturated heterocycles. The van der Waals surface area contributed by atoms with Gasteiger partial charge in [-0.25, -0.2) is 0 Å². The molecule has 120 valence electrons. The molecule has 1 heterocycles. The van der Waals surface area contributed by atoms with E-state index < -0.39 is 0 Å². The third kappa shape index (κ3) is 9.70. The fourth-order valence-electron chi connectivity index (χ4n) is 2.84. The van der Waals surface area contributed by atoms with Gasteiger partial charge in [-0.3, -0.25) is 9.80 Å². The Hall–Kier alpha value is -0.160. The molecule has 0 amide bonds. The van der Waals surface area contributed by atoms with Crippen molar-refractivity contribution >= 4 is 0 Å². The van der Waals surface area contributed by atoms with E-state index in [9.17, 15) is 0 Å². The quantitative estimate of drug-likeness (QED) is 0.400. The highest BCUT2D eigenvalue weighted by Crippen LogP contribution is 2.10. The number of likely N-dealkylation sites (N-methyl/N-ethyl adjacent to an activating group) is 1. The molecule has 0 saturated carbocycles. The van der Waals surface area contributed by atoms with Crippen molar-refractivity contribution < 1.29 is 0 Å². The third-order valence-corrected chi connectivity index (χ3v) is 4.12. The van der Waals surface area contributed by atoms with Crippen LogP contribution >= 0.6 is 0 Å². The zero-order valence-electron chi connectivity index (χ0n) is 13.8. The number of nitrogens with zero attached hydrogens (tertiary/aromatic N) is 2. The maximum absolute atomic E-state index is 3.36.